The fraction of sp³-hybridized carbons (Fsp3) is 0.182. The Morgan fingerprint density at radius 2 is 1.62 bits per heavy atom. The molecule has 4 nitrogen and oxygen atoms in total. The highest BCUT2D eigenvalue weighted by Gasteiger charge is 2.11. The predicted octanol–water partition coefficient (Wildman–Crippen LogP) is 5.16. The largest absolute Gasteiger partial charge is 0.336 e. The molecule has 0 spiro atoms. The Morgan fingerprint density at radius 1 is 0.923 bits per heavy atom. The van der Waals surface area contributed by atoms with Crippen LogP contribution in [0.3, 0.4) is 0 Å². The molecule has 0 aliphatic rings. The van der Waals surface area contributed by atoms with E-state index < -0.39 is 0 Å². The normalized spacial score (nSPS) is 10.3. The minimum Gasteiger partial charge on any atom is -0.336 e. The Morgan fingerprint density at radius 3 is 2.23 bits per heavy atom. The third kappa shape index (κ3) is 4.70. The number of pyridine rings is 1. The lowest BCUT2D eigenvalue weighted by Gasteiger charge is -2.25. The van der Waals surface area contributed by atoms with E-state index in [-0.39, 0.29) is 5.91 Å². The third-order valence-corrected chi connectivity index (χ3v) is 4.06. The highest BCUT2D eigenvalue weighted by Crippen LogP contribution is 2.27. The number of carbonyl (C=O) groups excluding carboxylic acids is 1. The summed E-state index contributed by atoms with van der Waals surface area (Å²) in [4.78, 5) is 18.4. The second-order valence-corrected chi connectivity index (χ2v) is 6.11. The van der Waals surface area contributed by atoms with Crippen LogP contribution in [0.15, 0.2) is 79.0 Å². The summed E-state index contributed by atoms with van der Waals surface area (Å²) in [5.41, 5.74) is 3.30. The number of carbonyl (C=O) groups is 1. The molecule has 4 heteroatoms. The van der Waals surface area contributed by atoms with E-state index >= 15 is 0 Å². The maximum Gasteiger partial charge on any atom is 0.225 e. The van der Waals surface area contributed by atoms with Crippen molar-refractivity contribution in [3.05, 3.63) is 84.6 Å². The second kappa shape index (κ2) is 8.81. The lowest BCUT2D eigenvalue weighted by molar-refractivity contribution is -0.116. The van der Waals surface area contributed by atoms with Crippen molar-refractivity contribution in [2.24, 2.45) is 0 Å². The summed E-state index contributed by atoms with van der Waals surface area (Å²) in [6.45, 7) is 2.73. The van der Waals surface area contributed by atoms with Gasteiger partial charge in [-0.2, -0.15) is 0 Å². The van der Waals surface area contributed by atoms with E-state index in [1.165, 1.54) is 5.56 Å². The Hall–Kier alpha value is -3.14. The SMILES string of the molecule is CCCC(=O)Nc1ccc(N(Cc2ccccc2)c2ccccc2)cn1. The van der Waals surface area contributed by atoms with Crippen molar-refractivity contribution in [1.82, 2.24) is 4.98 Å². The van der Waals surface area contributed by atoms with Crippen LogP contribution in [0.2, 0.25) is 0 Å². The molecule has 0 saturated carbocycles. The van der Waals surface area contributed by atoms with Crippen LogP contribution < -0.4 is 10.2 Å². The van der Waals surface area contributed by atoms with Gasteiger partial charge in [0, 0.05) is 18.7 Å². The molecule has 1 aromatic heterocycles. The van der Waals surface area contributed by atoms with Gasteiger partial charge in [-0.25, -0.2) is 4.98 Å². The molecule has 0 bridgehead atoms. The number of rotatable bonds is 7. The minimum atomic E-state index is -0.00282. The molecule has 2 aromatic carbocycles. The Bertz CT molecular complexity index is 817. The maximum atomic E-state index is 11.7. The summed E-state index contributed by atoms with van der Waals surface area (Å²) < 4.78 is 0. The molecule has 0 atom stereocenters. The molecule has 0 aliphatic carbocycles. The van der Waals surface area contributed by atoms with Gasteiger partial charge in [0.1, 0.15) is 5.82 Å². The van der Waals surface area contributed by atoms with Crippen LogP contribution in [0.4, 0.5) is 17.2 Å². The highest BCUT2D eigenvalue weighted by molar-refractivity contribution is 5.89. The Balaban J connectivity index is 1.83. The van der Waals surface area contributed by atoms with Crippen molar-refractivity contribution in [1.29, 1.82) is 0 Å². The van der Waals surface area contributed by atoms with E-state index in [2.05, 4.69) is 39.5 Å². The number of amides is 1. The number of anilines is 3. The fourth-order valence-electron chi connectivity index (χ4n) is 2.76. The van der Waals surface area contributed by atoms with Crippen LogP contribution >= 0.6 is 0 Å². The van der Waals surface area contributed by atoms with E-state index in [4.69, 9.17) is 0 Å². The van der Waals surface area contributed by atoms with Gasteiger partial charge in [-0.05, 0) is 36.2 Å². The maximum absolute atomic E-state index is 11.7. The zero-order chi connectivity index (χ0) is 18.2. The summed E-state index contributed by atoms with van der Waals surface area (Å²) in [6, 6.07) is 24.4. The van der Waals surface area contributed by atoms with E-state index in [9.17, 15) is 4.79 Å². The lowest BCUT2D eigenvalue weighted by Crippen LogP contribution is -2.17. The highest BCUT2D eigenvalue weighted by atomic mass is 16.1. The molecule has 132 valence electrons. The number of aromatic nitrogens is 1. The van der Waals surface area contributed by atoms with Gasteiger partial charge >= 0.3 is 0 Å². The summed E-state index contributed by atoms with van der Waals surface area (Å²) in [5, 5.41) is 2.83. The molecule has 0 saturated heterocycles. The topological polar surface area (TPSA) is 45.2 Å². The first-order chi connectivity index (χ1) is 12.8. The van der Waals surface area contributed by atoms with Gasteiger partial charge in [0.25, 0.3) is 0 Å². The van der Waals surface area contributed by atoms with Gasteiger partial charge < -0.3 is 10.2 Å². The summed E-state index contributed by atoms with van der Waals surface area (Å²) in [5.74, 6) is 0.580. The predicted molar refractivity (Wildman–Crippen MR) is 107 cm³/mol. The molecule has 1 N–H and O–H groups in total. The molecule has 26 heavy (non-hydrogen) atoms. The number of nitrogens with one attached hydrogen (secondary N) is 1. The van der Waals surface area contributed by atoms with Crippen molar-refractivity contribution in [2.75, 3.05) is 10.2 Å². The molecule has 0 fully saturated rings. The molecule has 0 unspecified atom stereocenters. The first-order valence-electron chi connectivity index (χ1n) is 8.88. The number of benzene rings is 2. The van der Waals surface area contributed by atoms with Gasteiger partial charge in [-0.1, -0.05) is 55.5 Å². The number of para-hydroxylation sites is 1. The van der Waals surface area contributed by atoms with Gasteiger partial charge in [-0.3, -0.25) is 4.79 Å². The molecule has 0 radical (unpaired) electrons. The van der Waals surface area contributed by atoms with Crippen LogP contribution in [0.5, 0.6) is 0 Å². The number of hydrogen-bond donors (Lipinski definition) is 1. The molecular formula is C22H23N3O. The minimum absolute atomic E-state index is 0.00282. The Kier molecular flexibility index (Phi) is 5.99. The van der Waals surface area contributed by atoms with E-state index in [1.54, 1.807) is 6.20 Å². The number of nitrogens with zero attached hydrogens (tertiary/aromatic N) is 2. The van der Waals surface area contributed by atoms with Crippen molar-refractivity contribution in [3.8, 4) is 0 Å². The van der Waals surface area contributed by atoms with Crippen LogP contribution in [-0.2, 0) is 11.3 Å². The summed E-state index contributed by atoms with van der Waals surface area (Å²) >= 11 is 0. The standard InChI is InChI=1S/C22H23N3O/c1-2-9-22(26)24-21-15-14-20(16-23-21)25(19-12-7-4-8-13-19)17-18-10-5-3-6-11-18/h3-8,10-16H,2,9,17H2,1H3,(H,23,24,26). The number of hydrogen-bond acceptors (Lipinski definition) is 3. The average Bonchev–Trinajstić information content (AvgIpc) is 2.69. The van der Waals surface area contributed by atoms with Gasteiger partial charge in [0.15, 0.2) is 0 Å². The van der Waals surface area contributed by atoms with Crippen molar-refractivity contribution in [2.45, 2.75) is 26.3 Å². The molecule has 0 aliphatic heterocycles. The zero-order valence-corrected chi connectivity index (χ0v) is 14.9. The lowest BCUT2D eigenvalue weighted by atomic mass is 10.2. The molecule has 1 amide bonds. The van der Waals surface area contributed by atoms with E-state index in [0.29, 0.717) is 12.2 Å². The van der Waals surface area contributed by atoms with Crippen molar-refractivity contribution < 1.29 is 4.79 Å². The van der Waals surface area contributed by atoms with Gasteiger partial charge in [0.2, 0.25) is 5.91 Å². The molecule has 3 rings (SSSR count). The monoisotopic (exact) mass is 345 g/mol. The van der Waals surface area contributed by atoms with Gasteiger partial charge in [0.05, 0.1) is 11.9 Å². The van der Waals surface area contributed by atoms with Crippen molar-refractivity contribution >= 4 is 23.1 Å². The quantitative estimate of drug-likeness (QED) is 0.643. The average molecular weight is 345 g/mol. The van der Waals surface area contributed by atoms with Crippen LogP contribution in [0.1, 0.15) is 25.3 Å². The van der Waals surface area contributed by atoms with Crippen LogP contribution in [0.25, 0.3) is 0 Å². The van der Waals surface area contributed by atoms with Gasteiger partial charge in [-0.15, -0.1) is 0 Å². The fourth-order valence-corrected chi connectivity index (χ4v) is 2.76. The molecule has 1 heterocycles. The van der Waals surface area contributed by atoms with Crippen molar-refractivity contribution in [3.63, 3.8) is 0 Å². The third-order valence-electron chi connectivity index (χ3n) is 4.06. The zero-order valence-electron chi connectivity index (χ0n) is 14.9. The summed E-state index contributed by atoms with van der Waals surface area (Å²) in [7, 11) is 0. The molecule has 3 aromatic rings. The first-order valence-corrected chi connectivity index (χ1v) is 8.88. The van der Waals surface area contributed by atoms with E-state index in [0.717, 1.165) is 24.3 Å². The van der Waals surface area contributed by atoms with E-state index in [1.807, 2.05) is 55.5 Å². The van der Waals surface area contributed by atoms with Crippen LogP contribution in [-0.4, -0.2) is 10.9 Å². The molecular weight excluding hydrogens is 322 g/mol. The first kappa shape index (κ1) is 17.7. The smallest absolute Gasteiger partial charge is 0.225 e. The second-order valence-electron chi connectivity index (χ2n) is 6.11. The van der Waals surface area contributed by atoms with Crippen LogP contribution in [0, 0.1) is 0 Å². The summed E-state index contributed by atoms with van der Waals surface area (Å²) in [6.07, 6.45) is 3.13. The Labute approximate surface area is 154 Å².